The lowest BCUT2D eigenvalue weighted by atomic mass is 10.0. The zero-order chi connectivity index (χ0) is 14.9. The number of fused-ring (bicyclic) bond motifs is 1. The summed E-state index contributed by atoms with van der Waals surface area (Å²) in [5, 5.41) is 2.23. The smallest absolute Gasteiger partial charge is 0.0448 e. The number of nitrogen functional groups attached to an aromatic ring is 1. The summed E-state index contributed by atoms with van der Waals surface area (Å²) in [6.07, 6.45) is 3.05. The zero-order valence-corrected chi connectivity index (χ0v) is 13.1. The van der Waals surface area contributed by atoms with E-state index in [9.17, 15) is 0 Å². The average Bonchev–Trinajstić information content (AvgIpc) is 2.37. The van der Waals surface area contributed by atoms with Gasteiger partial charge in [-0.1, -0.05) is 13.8 Å². The molecule has 0 saturated carbocycles. The fraction of sp³-hybridized carbons (Fsp3) is 0.471. The van der Waals surface area contributed by atoms with Crippen molar-refractivity contribution < 1.29 is 0 Å². The molecule has 2 N–H and O–H groups in total. The third kappa shape index (κ3) is 2.87. The molecule has 1 atom stereocenters. The molecule has 3 heteroatoms. The summed E-state index contributed by atoms with van der Waals surface area (Å²) in [6, 6.07) is 6.72. The van der Waals surface area contributed by atoms with E-state index in [1.54, 1.807) is 0 Å². The number of aryl methyl sites for hydroxylation is 1. The normalized spacial score (nSPS) is 12.9. The van der Waals surface area contributed by atoms with Crippen molar-refractivity contribution in [2.24, 2.45) is 5.92 Å². The second-order valence-electron chi connectivity index (χ2n) is 6.13. The van der Waals surface area contributed by atoms with Crippen LogP contribution in [0.25, 0.3) is 10.8 Å². The predicted octanol–water partition coefficient (Wildman–Crippen LogP) is 4.00. The maximum absolute atomic E-state index is 6.07. The van der Waals surface area contributed by atoms with Gasteiger partial charge in [-0.05, 0) is 44.4 Å². The molecule has 1 aromatic heterocycles. The molecule has 1 heterocycles. The van der Waals surface area contributed by atoms with Crippen LogP contribution in [-0.2, 0) is 0 Å². The molecule has 0 fully saturated rings. The Morgan fingerprint density at radius 2 is 1.90 bits per heavy atom. The van der Waals surface area contributed by atoms with Gasteiger partial charge in [-0.25, -0.2) is 0 Å². The molecule has 2 aromatic rings. The number of rotatable bonds is 4. The number of nitrogens with zero attached hydrogens (tertiary/aromatic N) is 2. The summed E-state index contributed by atoms with van der Waals surface area (Å²) >= 11 is 0. The summed E-state index contributed by atoms with van der Waals surface area (Å²) in [5.41, 5.74) is 9.12. The maximum Gasteiger partial charge on any atom is 0.0448 e. The fourth-order valence-corrected chi connectivity index (χ4v) is 2.74. The highest BCUT2D eigenvalue weighted by Crippen LogP contribution is 2.32. The van der Waals surface area contributed by atoms with Crippen molar-refractivity contribution in [1.82, 2.24) is 4.98 Å². The molecule has 20 heavy (non-hydrogen) atoms. The van der Waals surface area contributed by atoms with Gasteiger partial charge < -0.3 is 10.6 Å². The van der Waals surface area contributed by atoms with Crippen molar-refractivity contribution in [1.29, 1.82) is 0 Å². The van der Waals surface area contributed by atoms with Gasteiger partial charge >= 0.3 is 0 Å². The first-order chi connectivity index (χ1) is 9.40. The van der Waals surface area contributed by atoms with E-state index in [0.29, 0.717) is 12.0 Å². The molecule has 108 valence electrons. The summed E-state index contributed by atoms with van der Waals surface area (Å²) in [7, 11) is 2.16. The topological polar surface area (TPSA) is 42.1 Å². The van der Waals surface area contributed by atoms with Crippen LogP contribution in [0.1, 0.15) is 32.9 Å². The molecule has 2 rings (SSSR count). The molecule has 3 nitrogen and oxygen atoms in total. The van der Waals surface area contributed by atoms with Crippen molar-refractivity contribution in [2.45, 2.75) is 40.2 Å². The van der Waals surface area contributed by atoms with Gasteiger partial charge in [0.1, 0.15) is 0 Å². The van der Waals surface area contributed by atoms with Crippen LogP contribution >= 0.6 is 0 Å². The van der Waals surface area contributed by atoms with Crippen LogP contribution in [0, 0.1) is 12.8 Å². The van der Waals surface area contributed by atoms with Gasteiger partial charge in [-0.3, -0.25) is 4.98 Å². The maximum atomic E-state index is 6.07. The molecule has 0 spiro atoms. The Labute approximate surface area is 121 Å². The Morgan fingerprint density at radius 3 is 2.55 bits per heavy atom. The van der Waals surface area contributed by atoms with Gasteiger partial charge in [0.2, 0.25) is 0 Å². The monoisotopic (exact) mass is 271 g/mol. The number of nitrogens with two attached hydrogens (primary N) is 1. The van der Waals surface area contributed by atoms with E-state index in [0.717, 1.165) is 16.8 Å². The van der Waals surface area contributed by atoms with Gasteiger partial charge in [0.15, 0.2) is 0 Å². The van der Waals surface area contributed by atoms with E-state index in [1.807, 2.05) is 19.2 Å². The Kier molecular flexibility index (Phi) is 4.17. The molecule has 0 aliphatic heterocycles. The standard InChI is InChI=1S/C17H25N3/c1-11(2)8-13(4)20(5)17-7-6-16(18)15-10-19-12(3)9-14(15)17/h6-7,9-11,13H,8,18H2,1-5H3. The minimum Gasteiger partial charge on any atom is -0.398 e. The van der Waals surface area contributed by atoms with Gasteiger partial charge in [0, 0.05) is 47.1 Å². The van der Waals surface area contributed by atoms with E-state index in [4.69, 9.17) is 5.73 Å². The first kappa shape index (κ1) is 14.6. The number of benzene rings is 1. The SMILES string of the molecule is Cc1cc2c(N(C)C(C)CC(C)C)ccc(N)c2cn1. The molecule has 0 aliphatic rings. The summed E-state index contributed by atoms with van der Waals surface area (Å²) in [4.78, 5) is 6.71. The van der Waals surface area contributed by atoms with E-state index in [2.05, 4.69) is 49.8 Å². The number of hydrogen-bond donors (Lipinski definition) is 1. The van der Waals surface area contributed by atoms with Crippen LogP contribution in [0.5, 0.6) is 0 Å². The lowest BCUT2D eigenvalue weighted by molar-refractivity contribution is 0.504. The van der Waals surface area contributed by atoms with Crippen molar-refractivity contribution in [3.63, 3.8) is 0 Å². The van der Waals surface area contributed by atoms with E-state index in [1.165, 1.54) is 17.5 Å². The summed E-state index contributed by atoms with van der Waals surface area (Å²) in [6.45, 7) is 8.82. The van der Waals surface area contributed by atoms with Crippen molar-refractivity contribution in [3.05, 3.63) is 30.1 Å². The van der Waals surface area contributed by atoms with Crippen LogP contribution in [0.15, 0.2) is 24.4 Å². The minimum absolute atomic E-state index is 0.496. The van der Waals surface area contributed by atoms with Crippen molar-refractivity contribution in [2.75, 3.05) is 17.7 Å². The van der Waals surface area contributed by atoms with Gasteiger partial charge in [0.05, 0.1) is 0 Å². The molecule has 0 saturated heterocycles. The highest BCUT2D eigenvalue weighted by atomic mass is 15.1. The van der Waals surface area contributed by atoms with Crippen LogP contribution in [-0.4, -0.2) is 18.1 Å². The van der Waals surface area contributed by atoms with Gasteiger partial charge in [-0.2, -0.15) is 0 Å². The van der Waals surface area contributed by atoms with E-state index < -0.39 is 0 Å². The Balaban J connectivity index is 2.48. The molecule has 1 aromatic carbocycles. The molecular formula is C17H25N3. The second-order valence-corrected chi connectivity index (χ2v) is 6.13. The first-order valence-corrected chi connectivity index (χ1v) is 7.27. The quantitative estimate of drug-likeness (QED) is 0.855. The van der Waals surface area contributed by atoms with Crippen molar-refractivity contribution in [3.8, 4) is 0 Å². The first-order valence-electron chi connectivity index (χ1n) is 7.27. The number of hydrogen-bond acceptors (Lipinski definition) is 3. The third-order valence-electron chi connectivity index (χ3n) is 3.90. The number of anilines is 2. The predicted molar refractivity (Wildman–Crippen MR) is 88.2 cm³/mol. The summed E-state index contributed by atoms with van der Waals surface area (Å²) < 4.78 is 0. The highest BCUT2D eigenvalue weighted by Gasteiger charge is 2.15. The summed E-state index contributed by atoms with van der Waals surface area (Å²) in [5.74, 6) is 0.691. The lowest BCUT2D eigenvalue weighted by Crippen LogP contribution is -2.30. The Morgan fingerprint density at radius 1 is 1.20 bits per heavy atom. The van der Waals surface area contributed by atoms with Crippen LogP contribution < -0.4 is 10.6 Å². The highest BCUT2D eigenvalue weighted by molar-refractivity contribution is 6.01. The lowest BCUT2D eigenvalue weighted by Gasteiger charge is -2.29. The number of pyridine rings is 1. The molecular weight excluding hydrogens is 246 g/mol. The average molecular weight is 271 g/mol. The van der Waals surface area contributed by atoms with Crippen molar-refractivity contribution >= 4 is 22.1 Å². The minimum atomic E-state index is 0.496. The largest absolute Gasteiger partial charge is 0.398 e. The second kappa shape index (κ2) is 5.70. The van der Waals surface area contributed by atoms with Crippen LogP contribution in [0.4, 0.5) is 11.4 Å². The van der Waals surface area contributed by atoms with Crippen LogP contribution in [0.2, 0.25) is 0 Å². The molecule has 0 bridgehead atoms. The molecule has 0 radical (unpaired) electrons. The fourth-order valence-electron chi connectivity index (χ4n) is 2.74. The van der Waals surface area contributed by atoms with Gasteiger partial charge in [0.25, 0.3) is 0 Å². The van der Waals surface area contributed by atoms with Crippen LogP contribution in [0.3, 0.4) is 0 Å². The zero-order valence-electron chi connectivity index (χ0n) is 13.1. The molecule has 0 amide bonds. The number of aromatic nitrogens is 1. The van der Waals surface area contributed by atoms with E-state index in [-0.39, 0.29) is 0 Å². The van der Waals surface area contributed by atoms with E-state index >= 15 is 0 Å². The molecule has 1 unspecified atom stereocenters. The Bertz CT molecular complexity index is 604. The van der Waals surface area contributed by atoms with Gasteiger partial charge in [-0.15, -0.1) is 0 Å². The molecule has 0 aliphatic carbocycles. The Hall–Kier alpha value is -1.77. The third-order valence-corrected chi connectivity index (χ3v) is 3.90.